The van der Waals surface area contributed by atoms with Gasteiger partial charge in [-0.1, -0.05) is 12.1 Å². The molecule has 1 amide bonds. The molecule has 1 saturated heterocycles. The normalized spacial score (nSPS) is 17.6. The SMILES string of the molecule is CCN(Cc1ccc2c(c1)OCO2)C(=O)c1cccc(S(=O)(=O)NCC2CCCO2)c1. The molecular formula is C22H26N2O6S. The minimum Gasteiger partial charge on any atom is -0.454 e. The molecule has 0 spiro atoms. The van der Waals surface area contributed by atoms with Gasteiger partial charge in [0.25, 0.3) is 5.91 Å². The molecule has 2 aliphatic heterocycles. The van der Waals surface area contributed by atoms with Crippen LogP contribution in [0, 0.1) is 0 Å². The first-order valence-corrected chi connectivity index (χ1v) is 11.8. The quantitative estimate of drug-likeness (QED) is 0.670. The van der Waals surface area contributed by atoms with Crippen molar-refractivity contribution in [3.63, 3.8) is 0 Å². The first-order valence-electron chi connectivity index (χ1n) is 10.4. The number of carbonyl (C=O) groups excluding carboxylic acids is 1. The maximum absolute atomic E-state index is 13.1. The fourth-order valence-electron chi connectivity index (χ4n) is 3.66. The molecule has 0 saturated carbocycles. The summed E-state index contributed by atoms with van der Waals surface area (Å²) >= 11 is 0. The number of carbonyl (C=O) groups is 1. The summed E-state index contributed by atoms with van der Waals surface area (Å²) in [5.74, 6) is 1.11. The number of sulfonamides is 1. The van der Waals surface area contributed by atoms with Gasteiger partial charge in [-0.3, -0.25) is 4.79 Å². The second-order valence-corrected chi connectivity index (χ2v) is 9.29. The lowest BCUT2D eigenvalue weighted by Gasteiger charge is -2.21. The van der Waals surface area contributed by atoms with Gasteiger partial charge in [-0.25, -0.2) is 13.1 Å². The highest BCUT2D eigenvalue weighted by molar-refractivity contribution is 7.89. The van der Waals surface area contributed by atoms with Gasteiger partial charge in [0.05, 0.1) is 11.0 Å². The van der Waals surface area contributed by atoms with Crippen molar-refractivity contribution >= 4 is 15.9 Å². The van der Waals surface area contributed by atoms with Gasteiger partial charge in [0.1, 0.15) is 0 Å². The summed E-state index contributed by atoms with van der Waals surface area (Å²) < 4.78 is 44.2. The summed E-state index contributed by atoms with van der Waals surface area (Å²) in [6, 6.07) is 11.7. The highest BCUT2D eigenvalue weighted by Crippen LogP contribution is 2.33. The summed E-state index contributed by atoms with van der Waals surface area (Å²) in [6.07, 6.45) is 1.68. The van der Waals surface area contributed by atoms with Crippen molar-refractivity contribution in [2.45, 2.75) is 37.3 Å². The van der Waals surface area contributed by atoms with Crippen molar-refractivity contribution < 1.29 is 27.4 Å². The molecule has 2 aliphatic rings. The lowest BCUT2D eigenvalue weighted by Crippen LogP contribution is -2.32. The van der Waals surface area contributed by atoms with Gasteiger partial charge in [0.2, 0.25) is 16.8 Å². The molecule has 8 nitrogen and oxygen atoms in total. The summed E-state index contributed by atoms with van der Waals surface area (Å²) in [6.45, 7) is 3.81. The van der Waals surface area contributed by atoms with E-state index in [4.69, 9.17) is 14.2 Å². The fourth-order valence-corrected chi connectivity index (χ4v) is 4.77. The zero-order chi connectivity index (χ0) is 21.8. The summed E-state index contributed by atoms with van der Waals surface area (Å²) in [4.78, 5) is 14.8. The van der Waals surface area contributed by atoms with Crippen molar-refractivity contribution in [3.8, 4) is 11.5 Å². The average molecular weight is 447 g/mol. The van der Waals surface area contributed by atoms with Gasteiger partial charge < -0.3 is 19.1 Å². The zero-order valence-electron chi connectivity index (χ0n) is 17.4. The number of amides is 1. The third-order valence-electron chi connectivity index (χ3n) is 5.40. The van der Waals surface area contributed by atoms with Gasteiger partial charge in [-0.2, -0.15) is 0 Å². The Kier molecular flexibility index (Phi) is 6.45. The van der Waals surface area contributed by atoms with E-state index in [0.717, 1.165) is 18.4 Å². The number of nitrogens with zero attached hydrogens (tertiary/aromatic N) is 1. The Balaban J connectivity index is 1.46. The predicted molar refractivity (Wildman–Crippen MR) is 114 cm³/mol. The van der Waals surface area contributed by atoms with Gasteiger partial charge in [0, 0.05) is 31.8 Å². The lowest BCUT2D eigenvalue weighted by atomic mass is 10.1. The first kappa shape index (κ1) is 21.6. The fraction of sp³-hybridized carbons (Fsp3) is 0.409. The molecule has 0 aliphatic carbocycles. The molecule has 9 heteroatoms. The van der Waals surface area contributed by atoms with E-state index in [1.165, 1.54) is 12.1 Å². The standard InChI is InChI=1S/C22H26N2O6S/c1-2-24(14-16-8-9-20-21(11-16)30-15-29-20)22(25)17-5-3-7-19(12-17)31(26,27)23-13-18-6-4-10-28-18/h3,5,7-9,11-12,18,23H,2,4,6,10,13-15H2,1H3. The highest BCUT2D eigenvalue weighted by atomic mass is 32.2. The van der Waals surface area contributed by atoms with E-state index in [9.17, 15) is 13.2 Å². The second-order valence-electron chi connectivity index (χ2n) is 7.52. The van der Waals surface area contributed by atoms with Gasteiger partial charge in [-0.15, -0.1) is 0 Å². The molecule has 0 bridgehead atoms. The zero-order valence-corrected chi connectivity index (χ0v) is 18.2. The molecule has 0 radical (unpaired) electrons. The third-order valence-corrected chi connectivity index (χ3v) is 6.82. The summed E-state index contributed by atoms with van der Waals surface area (Å²) in [7, 11) is -3.73. The Morgan fingerprint density at radius 3 is 2.77 bits per heavy atom. The van der Waals surface area contributed by atoms with Crippen LogP contribution in [0.15, 0.2) is 47.4 Å². The highest BCUT2D eigenvalue weighted by Gasteiger charge is 2.23. The van der Waals surface area contributed by atoms with Gasteiger partial charge >= 0.3 is 0 Å². The topological polar surface area (TPSA) is 94.2 Å². The Morgan fingerprint density at radius 2 is 2.00 bits per heavy atom. The number of fused-ring (bicyclic) bond motifs is 1. The van der Waals surface area contributed by atoms with Crippen LogP contribution in [0.4, 0.5) is 0 Å². The smallest absolute Gasteiger partial charge is 0.254 e. The predicted octanol–water partition coefficient (Wildman–Crippen LogP) is 2.53. The molecule has 0 aromatic heterocycles. The third kappa shape index (κ3) is 5.00. The van der Waals surface area contributed by atoms with Crippen LogP contribution >= 0.6 is 0 Å². The Labute approximate surface area is 182 Å². The monoisotopic (exact) mass is 446 g/mol. The van der Waals surface area contributed by atoms with Gasteiger partial charge in [0.15, 0.2) is 11.5 Å². The molecule has 1 fully saturated rings. The minimum atomic E-state index is -3.73. The van der Waals surface area contributed by atoms with Crippen molar-refractivity contribution in [2.75, 3.05) is 26.5 Å². The molecule has 31 heavy (non-hydrogen) atoms. The van der Waals surface area contributed by atoms with Crippen LogP contribution in [0.3, 0.4) is 0 Å². The van der Waals surface area contributed by atoms with E-state index in [1.807, 2.05) is 25.1 Å². The van der Waals surface area contributed by atoms with Crippen molar-refractivity contribution in [3.05, 3.63) is 53.6 Å². The first-order chi connectivity index (χ1) is 15.0. The molecule has 1 atom stereocenters. The van der Waals surface area contributed by atoms with Crippen LogP contribution in [0.1, 0.15) is 35.7 Å². The molecule has 1 unspecified atom stereocenters. The van der Waals surface area contributed by atoms with Crippen LogP contribution in [-0.2, 0) is 21.3 Å². The second kappa shape index (κ2) is 9.25. The van der Waals surface area contributed by atoms with Crippen molar-refractivity contribution in [1.29, 1.82) is 0 Å². The number of rotatable bonds is 8. The number of hydrogen-bond acceptors (Lipinski definition) is 6. The maximum Gasteiger partial charge on any atom is 0.254 e. The Morgan fingerprint density at radius 1 is 1.16 bits per heavy atom. The van der Waals surface area contributed by atoms with Crippen molar-refractivity contribution in [1.82, 2.24) is 9.62 Å². The van der Waals surface area contributed by atoms with Gasteiger partial charge in [-0.05, 0) is 55.7 Å². The molecular weight excluding hydrogens is 420 g/mol. The maximum atomic E-state index is 13.1. The Hall–Kier alpha value is -2.62. The largest absolute Gasteiger partial charge is 0.454 e. The Bertz CT molecular complexity index is 1050. The van der Waals surface area contributed by atoms with Crippen LogP contribution in [-0.4, -0.2) is 51.8 Å². The molecule has 2 aromatic rings. The number of benzene rings is 2. The van der Waals surface area contributed by atoms with Crippen LogP contribution < -0.4 is 14.2 Å². The molecule has 166 valence electrons. The molecule has 1 N–H and O–H groups in total. The van der Waals surface area contributed by atoms with Crippen LogP contribution in [0.5, 0.6) is 11.5 Å². The number of hydrogen-bond donors (Lipinski definition) is 1. The lowest BCUT2D eigenvalue weighted by molar-refractivity contribution is 0.0752. The van der Waals surface area contributed by atoms with Crippen LogP contribution in [0.25, 0.3) is 0 Å². The summed E-state index contributed by atoms with van der Waals surface area (Å²) in [5, 5.41) is 0. The van der Waals surface area contributed by atoms with E-state index < -0.39 is 10.0 Å². The average Bonchev–Trinajstić information content (AvgIpc) is 3.47. The van der Waals surface area contributed by atoms with Crippen molar-refractivity contribution in [2.24, 2.45) is 0 Å². The molecule has 2 aromatic carbocycles. The number of nitrogens with one attached hydrogen (secondary N) is 1. The minimum absolute atomic E-state index is 0.0653. The van der Waals surface area contributed by atoms with E-state index in [0.29, 0.717) is 36.8 Å². The van der Waals surface area contributed by atoms with E-state index >= 15 is 0 Å². The summed E-state index contributed by atoms with van der Waals surface area (Å²) in [5.41, 5.74) is 1.23. The number of ether oxygens (including phenoxy) is 3. The molecule has 2 heterocycles. The van der Waals surface area contributed by atoms with Crippen LogP contribution in [0.2, 0.25) is 0 Å². The van der Waals surface area contributed by atoms with E-state index in [1.54, 1.807) is 17.0 Å². The van der Waals surface area contributed by atoms with E-state index in [2.05, 4.69) is 4.72 Å². The molecule has 4 rings (SSSR count). The van der Waals surface area contributed by atoms with E-state index in [-0.39, 0.29) is 30.2 Å².